The van der Waals surface area contributed by atoms with Crippen molar-refractivity contribution in [1.82, 2.24) is 20.2 Å². The van der Waals surface area contributed by atoms with Gasteiger partial charge in [-0.25, -0.2) is 9.97 Å². The van der Waals surface area contributed by atoms with Crippen LogP contribution in [0.5, 0.6) is 0 Å². The lowest BCUT2D eigenvalue weighted by Crippen LogP contribution is -2.50. The number of nitrogens with one attached hydrogen (secondary N) is 1. The van der Waals surface area contributed by atoms with E-state index in [9.17, 15) is 4.79 Å². The Kier molecular flexibility index (Phi) is 4.34. The quantitative estimate of drug-likeness (QED) is 0.859. The topological polar surface area (TPSA) is 61.4 Å². The third kappa shape index (κ3) is 3.15. The van der Waals surface area contributed by atoms with E-state index in [4.69, 9.17) is 0 Å². The van der Waals surface area contributed by atoms with E-state index in [1.807, 2.05) is 6.92 Å². The van der Waals surface area contributed by atoms with E-state index >= 15 is 0 Å². The molecular weight excluding hydrogens is 266 g/mol. The van der Waals surface area contributed by atoms with Gasteiger partial charge in [-0.1, -0.05) is 0 Å². The molecule has 0 bridgehead atoms. The molecule has 1 saturated heterocycles. The van der Waals surface area contributed by atoms with E-state index in [-0.39, 0.29) is 5.91 Å². The highest BCUT2D eigenvalue weighted by Gasteiger charge is 2.24. The third-order valence-corrected chi connectivity index (χ3v) is 4.27. The second-order valence-electron chi connectivity index (χ2n) is 5.69. The zero-order valence-electron chi connectivity index (χ0n) is 12.6. The summed E-state index contributed by atoms with van der Waals surface area (Å²) in [7, 11) is 0. The van der Waals surface area contributed by atoms with Crippen LogP contribution in [0.1, 0.15) is 24.6 Å². The van der Waals surface area contributed by atoms with Gasteiger partial charge in [0.2, 0.25) is 5.91 Å². The standard InChI is InChI=1S/C15H23N5O/c1-2-16-14(21)10-19-6-8-20(9-7-19)15-12-4-3-5-13(12)17-11-18-15/h11H,2-10H2,1H3,(H,16,21). The van der Waals surface area contributed by atoms with Crippen LogP contribution in [-0.2, 0) is 17.6 Å². The molecule has 0 saturated carbocycles. The fraction of sp³-hybridized carbons (Fsp3) is 0.667. The molecule has 2 heterocycles. The first-order valence-corrected chi connectivity index (χ1v) is 7.84. The number of carbonyl (C=O) groups excluding carboxylic acids is 1. The van der Waals surface area contributed by atoms with Crippen molar-refractivity contribution in [2.75, 3.05) is 44.2 Å². The molecule has 6 nitrogen and oxygen atoms in total. The summed E-state index contributed by atoms with van der Waals surface area (Å²) in [5, 5.41) is 2.85. The predicted octanol–water partition coefficient (Wildman–Crippen LogP) is 0.223. The highest BCUT2D eigenvalue weighted by molar-refractivity contribution is 5.77. The highest BCUT2D eigenvalue weighted by Crippen LogP contribution is 2.28. The summed E-state index contributed by atoms with van der Waals surface area (Å²) in [6, 6.07) is 0. The van der Waals surface area contributed by atoms with Gasteiger partial charge >= 0.3 is 0 Å². The van der Waals surface area contributed by atoms with E-state index in [0.29, 0.717) is 13.1 Å². The normalized spacial score (nSPS) is 18.6. The zero-order valence-corrected chi connectivity index (χ0v) is 12.6. The van der Waals surface area contributed by atoms with Gasteiger partial charge in [0.25, 0.3) is 0 Å². The van der Waals surface area contributed by atoms with Crippen LogP contribution in [0.3, 0.4) is 0 Å². The maximum absolute atomic E-state index is 11.6. The minimum atomic E-state index is 0.119. The van der Waals surface area contributed by atoms with Crippen LogP contribution in [0.25, 0.3) is 0 Å². The summed E-state index contributed by atoms with van der Waals surface area (Å²) < 4.78 is 0. The number of piperazine rings is 1. The van der Waals surface area contributed by atoms with Crippen LogP contribution in [0.2, 0.25) is 0 Å². The van der Waals surface area contributed by atoms with Gasteiger partial charge in [-0.05, 0) is 26.2 Å². The minimum absolute atomic E-state index is 0.119. The van der Waals surface area contributed by atoms with Crippen LogP contribution in [-0.4, -0.2) is 60.0 Å². The molecule has 1 aromatic rings. The van der Waals surface area contributed by atoms with E-state index in [1.165, 1.54) is 17.7 Å². The Hall–Kier alpha value is -1.69. The summed E-state index contributed by atoms with van der Waals surface area (Å²) in [6.07, 6.45) is 5.07. The molecule has 3 rings (SSSR count). The summed E-state index contributed by atoms with van der Waals surface area (Å²) in [6.45, 7) is 6.85. The van der Waals surface area contributed by atoms with Gasteiger partial charge < -0.3 is 10.2 Å². The molecule has 1 amide bonds. The van der Waals surface area contributed by atoms with Crippen molar-refractivity contribution >= 4 is 11.7 Å². The number of rotatable bonds is 4. The van der Waals surface area contributed by atoms with Gasteiger partial charge in [0, 0.05) is 44.0 Å². The lowest BCUT2D eigenvalue weighted by atomic mass is 10.2. The number of nitrogens with zero attached hydrogens (tertiary/aromatic N) is 4. The SMILES string of the molecule is CCNC(=O)CN1CCN(c2ncnc3c2CCC3)CC1. The molecule has 114 valence electrons. The second kappa shape index (κ2) is 6.39. The average molecular weight is 289 g/mol. The number of amides is 1. The van der Waals surface area contributed by atoms with Gasteiger partial charge in [-0.3, -0.25) is 9.69 Å². The van der Waals surface area contributed by atoms with Crippen molar-refractivity contribution < 1.29 is 4.79 Å². The van der Waals surface area contributed by atoms with Crippen LogP contribution < -0.4 is 10.2 Å². The predicted molar refractivity (Wildman–Crippen MR) is 81.4 cm³/mol. The summed E-state index contributed by atoms with van der Waals surface area (Å²) >= 11 is 0. The van der Waals surface area contributed by atoms with Crippen molar-refractivity contribution in [1.29, 1.82) is 0 Å². The molecule has 1 aromatic heterocycles. The Labute approximate surface area is 125 Å². The molecule has 0 radical (unpaired) electrons. The number of hydrogen-bond acceptors (Lipinski definition) is 5. The lowest BCUT2D eigenvalue weighted by Gasteiger charge is -2.35. The molecule has 1 aliphatic carbocycles. The van der Waals surface area contributed by atoms with Gasteiger partial charge in [0.15, 0.2) is 0 Å². The molecule has 1 N–H and O–H groups in total. The summed E-state index contributed by atoms with van der Waals surface area (Å²) in [4.78, 5) is 25.1. The maximum Gasteiger partial charge on any atom is 0.234 e. The fourth-order valence-corrected chi connectivity index (χ4v) is 3.19. The van der Waals surface area contributed by atoms with Gasteiger partial charge in [-0.2, -0.15) is 0 Å². The number of anilines is 1. The molecule has 0 unspecified atom stereocenters. The van der Waals surface area contributed by atoms with Crippen molar-refractivity contribution in [2.45, 2.75) is 26.2 Å². The van der Waals surface area contributed by atoms with Crippen molar-refractivity contribution in [2.24, 2.45) is 0 Å². The van der Waals surface area contributed by atoms with Crippen molar-refractivity contribution in [3.8, 4) is 0 Å². The molecule has 0 aromatic carbocycles. The first-order valence-electron chi connectivity index (χ1n) is 7.84. The second-order valence-corrected chi connectivity index (χ2v) is 5.69. The molecule has 1 fully saturated rings. The number of fused-ring (bicyclic) bond motifs is 1. The van der Waals surface area contributed by atoms with Crippen LogP contribution in [0, 0.1) is 0 Å². The number of likely N-dealkylation sites (N-methyl/N-ethyl adjacent to an activating group) is 1. The molecule has 0 atom stereocenters. The zero-order chi connectivity index (χ0) is 14.7. The summed E-state index contributed by atoms with van der Waals surface area (Å²) in [5.41, 5.74) is 2.57. The van der Waals surface area contributed by atoms with Gasteiger partial charge in [0.1, 0.15) is 12.1 Å². The Morgan fingerprint density at radius 1 is 1.24 bits per heavy atom. The highest BCUT2D eigenvalue weighted by atomic mass is 16.2. The number of carbonyl (C=O) groups is 1. The molecule has 21 heavy (non-hydrogen) atoms. The smallest absolute Gasteiger partial charge is 0.234 e. The Morgan fingerprint density at radius 3 is 2.81 bits per heavy atom. The van der Waals surface area contributed by atoms with Crippen molar-refractivity contribution in [3.05, 3.63) is 17.6 Å². The van der Waals surface area contributed by atoms with Crippen LogP contribution >= 0.6 is 0 Å². The Morgan fingerprint density at radius 2 is 2.05 bits per heavy atom. The van der Waals surface area contributed by atoms with Gasteiger partial charge in [0.05, 0.1) is 6.54 Å². The number of aromatic nitrogens is 2. The van der Waals surface area contributed by atoms with Crippen molar-refractivity contribution in [3.63, 3.8) is 0 Å². The number of aryl methyl sites for hydroxylation is 1. The molecule has 2 aliphatic rings. The first kappa shape index (κ1) is 14.3. The minimum Gasteiger partial charge on any atom is -0.355 e. The first-order chi connectivity index (χ1) is 10.3. The van der Waals surface area contributed by atoms with Gasteiger partial charge in [-0.15, -0.1) is 0 Å². The Bertz CT molecular complexity index is 511. The van der Waals surface area contributed by atoms with Crippen LogP contribution in [0.4, 0.5) is 5.82 Å². The lowest BCUT2D eigenvalue weighted by molar-refractivity contribution is -0.122. The van der Waals surface area contributed by atoms with E-state index in [1.54, 1.807) is 6.33 Å². The average Bonchev–Trinajstić information content (AvgIpc) is 2.97. The molecule has 1 aliphatic heterocycles. The maximum atomic E-state index is 11.6. The summed E-state index contributed by atoms with van der Waals surface area (Å²) in [5.74, 6) is 1.24. The molecule has 6 heteroatoms. The monoisotopic (exact) mass is 289 g/mol. The van der Waals surface area contributed by atoms with E-state index < -0.39 is 0 Å². The van der Waals surface area contributed by atoms with E-state index in [2.05, 4.69) is 25.1 Å². The van der Waals surface area contributed by atoms with Crippen LogP contribution in [0.15, 0.2) is 6.33 Å². The fourth-order valence-electron chi connectivity index (χ4n) is 3.19. The number of hydrogen-bond donors (Lipinski definition) is 1. The Balaban J connectivity index is 1.59. The molecular formula is C15H23N5O. The molecule has 0 spiro atoms. The third-order valence-electron chi connectivity index (χ3n) is 4.27. The largest absolute Gasteiger partial charge is 0.355 e. The van der Waals surface area contributed by atoms with E-state index in [0.717, 1.165) is 44.8 Å².